The molecule has 0 unspecified atom stereocenters. The average molecular weight is 488 g/mol. The second-order valence-corrected chi connectivity index (χ2v) is 8.34. The van der Waals surface area contributed by atoms with Crippen molar-refractivity contribution < 1.29 is 33.4 Å². The molecule has 0 saturated heterocycles. The summed E-state index contributed by atoms with van der Waals surface area (Å²) < 4.78 is 10.2. The van der Waals surface area contributed by atoms with Crippen LogP contribution >= 0.6 is 0 Å². The molecule has 0 fully saturated rings. The highest BCUT2D eigenvalue weighted by Crippen LogP contribution is 2.31. The molecule has 0 atom stereocenters. The number of amides is 2. The van der Waals surface area contributed by atoms with Gasteiger partial charge in [-0.15, -0.1) is 0 Å². The number of aromatic amines is 1. The predicted molar refractivity (Wildman–Crippen MR) is 130 cm³/mol. The van der Waals surface area contributed by atoms with Gasteiger partial charge in [-0.1, -0.05) is 18.2 Å². The molecule has 9 nitrogen and oxygen atoms in total. The molecule has 2 amide bonds. The molecule has 9 heteroatoms. The lowest BCUT2D eigenvalue weighted by atomic mass is 10.0. The van der Waals surface area contributed by atoms with Crippen LogP contribution in [0.3, 0.4) is 0 Å². The fourth-order valence-corrected chi connectivity index (χ4v) is 4.28. The first kappa shape index (κ1) is 24.6. The molecule has 36 heavy (non-hydrogen) atoms. The molecule has 0 saturated carbocycles. The highest BCUT2D eigenvalue weighted by molar-refractivity contribution is 6.35. The number of H-pyrrole nitrogens is 1. The number of aryl methyl sites for hydroxylation is 3. The molecule has 184 valence electrons. The summed E-state index contributed by atoms with van der Waals surface area (Å²) in [7, 11) is 0. The monoisotopic (exact) mass is 488 g/mol. The van der Waals surface area contributed by atoms with Gasteiger partial charge >= 0.3 is 11.9 Å². The SMILES string of the molecule is CCOC(=O)c1c(C)[nH]c(C)c1C(=O)COC(=O)c1ccc2c(c1)C(=O)N(c1ccccc1C)C2=O. The Hall–Kier alpha value is -4.53. The number of aromatic nitrogens is 1. The van der Waals surface area contributed by atoms with Crippen molar-refractivity contribution >= 4 is 35.2 Å². The van der Waals surface area contributed by atoms with Crippen molar-refractivity contribution in [1.29, 1.82) is 0 Å². The Morgan fingerprint density at radius 2 is 1.50 bits per heavy atom. The first-order chi connectivity index (χ1) is 17.1. The summed E-state index contributed by atoms with van der Waals surface area (Å²) >= 11 is 0. The van der Waals surface area contributed by atoms with E-state index in [-0.39, 0.29) is 34.4 Å². The second kappa shape index (κ2) is 9.61. The molecule has 3 aromatic rings. The first-order valence-electron chi connectivity index (χ1n) is 11.3. The van der Waals surface area contributed by atoms with Crippen LogP contribution in [0.5, 0.6) is 0 Å². The van der Waals surface area contributed by atoms with Crippen LogP contribution in [-0.4, -0.2) is 47.7 Å². The summed E-state index contributed by atoms with van der Waals surface area (Å²) in [5.41, 5.74) is 2.61. The van der Waals surface area contributed by atoms with Crippen molar-refractivity contribution in [2.45, 2.75) is 27.7 Å². The van der Waals surface area contributed by atoms with Gasteiger partial charge in [0.1, 0.15) is 0 Å². The molecule has 1 N–H and O–H groups in total. The highest BCUT2D eigenvalue weighted by Gasteiger charge is 2.38. The zero-order chi connectivity index (χ0) is 26.1. The Labute approximate surface area is 207 Å². The van der Waals surface area contributed by atoms with Crippen LogP contribution < -0.4 is 4.90 Å². The van der Waals surface area contributed by atoms with Gasteiger partial charge in [-0.05, 0) is 57.5 Å². The van der Waals surface area contributed by atoms with Crippen LogP contribution in [-0.2, 0) is 9.47 Å². The molecule has 2 heterocycles. The van der Waals surface area contributed by atoms with Crippen LogP contribution in [0.1, 0.15) is 75.7 Å². The minimum absolute atomic E-state index is 0.0157. The van der Waals surface area contributed by atoms with Gasteiger partial charge in [0.2, 0.25) is 5.78 Å². The number of carbonyl (C=O) groups excluding carboxylic acids is 5. The molecule has 0 bridgehead atoms. The molecule has 1 aromatic heterocycles. The predicted octanol–water partition coefficient (Wildman–Crippen LogP) is 3.96. The molecular formula is C27H24N2O7. The maximum absolute atomic E-state index is 13.0. The lowest BCUT2D eigenvalue weighted by Gasteiger charge is -2.16. The third-order valence-corrected chi connectivity index (χ3v) is 5.95. The number of esters is 2. The van der Waals surface area contributed by atoms with Crippen molar-refractivity contribution in [3.63, 3.8) is 0 Å². The van der Waals surface area contributed by atoms with E-state index in [1.165, 1.54) is 18.2 Å². The molecule has 4 rings (SSSR count). The smallest absolute Gasteiger partial charge is 0.340 e. The molecule has 0 aliphatic carbocycles. The van der Waals surface area contributed by atoms with Crippen molar-refractivity contribution in [3.8, 4) is 0 Å². The Balaban J connectivity index is 1.53. The van der Waals surface area contributed by atoms with E-state index in [0.29, 0.717) is 17.1 Å². The zero-order valence-corrected chi connectivity index (χ0v) is 20.3. The number of hydrogen-bond acceptors (Lipinski definition) is 7. The fraction of sp³-hybridized carbons (Fsp3) is 0.222. The van der Waals surface area contributed by atoms with E-state index in [1.54, 1.807) is 52.0 Å². The minimum atomic E-state index is -0.844. The van der Waals surface area contributed by atoms with Gasteiger partial charge in [-0.25, -0.2) is 14.5 Å². The van der Waals surface area contributed by atoms with Crippen molar-refractivity contribution in [2.75, 3.05) is 18.1 Å². The van der Waals surface area contributed by atoms with Crippen molar-refractivity contribution in [1.82, 2.24) is 4.98 Å². The highest BCUT2D eigenvalue weighted by atomic mass is 16.5. The molecular weight excluding hydrogens is 464 g/mol. The molecule has 2 aromatic carbocycles. The van der Waals surface area contributed by atoms with E-state index in [2.05, 4.69) is 4.98 Å². The fourth-order valence-electron chi connectivity index (χ4n) is 4.28. The molecule has 0 spiro atoms. The number of nitrogens with zero attached hydrogens (tertiary/aromatic N) is 1. The number of para-hydroxylation sites is 1. The summed E-state index contributed by atoms with van der Waals surface area (Å²) in [4.78, 5) is 67.8. The van der Waals surface area contributed by atoms with E-state index in [1.807, 2.05) is 0 Å². The summed E-state index contributed by atoms with van der Waals surface area (Å²) in [5, 5.41) is 0. The number of benzene rings is 2. The van der Waals surface area contributed by atoms with Crippen molar-refractivity contribution in [2.24, 2.45) is 0 Å². The number of ether oxygens (including phenoxy) is 2. The zero-order valence-electron chi connectivity index (χ0n) is 20.3. The number of imide groups is 1. The number of fused-ring (bicyclic) bond motifs is 1. The van der Waals surface area contributed by atoms with E-state index < -0.39 is 36.1 Å². The third kappa shape index (κ3) is 4.19. The summed E-state index contributed by atoms with van der Waals surface area (Å²) in [6.45, 7) is 6.25. The van der Waals surface area contributed by atoms with E-state index >= 15 is 0 Å². The standard InChI is InChI=1S/C27H24N2O7/c1-5-35-27(34)23-16(4)28-15(3)22(23)21(30)13-36-26(33)17-10-11-18-19(12-17)25(32)29(24(18)31)20-9-7-6-8-14(20)2/h6-12,28H,5,13H2,1-4H3. The number of carbonyl (C=O) groups is 5. The van der Waals surface area contributed by atoms with Gasteiger partial charge in [0.25, 0.3) is 11.8 Å². The van der Waals surface area contributed by atoms with E-state index in [4.69, 9.17) is 9.47 Å². The van der Waals surface area contributed by atoms with Gasteiger partial charge in [-0.3, -0.25) is 14.4 Å². The van der Waals surface area contributed by atoms with Gasteiger partial charge < -0.3 is 14.5 Å². The summed E-state index contributed by atoms with van der Waals surface area (Å²) in [6.07, 6.45) is 0. The number of nitrogens with one attached hydrogen (secondary N) is 1. The van der Waals surface area contributed by atoms with Crippen LogP contribution in [0, 0.1) is 20.8 Å². The number of Topliss-reactive ketones (excluding diaryl/α,β-unsaturated/α-hetero) is 1. The third-order valence-electron chi connectivity index (χ3n) is 5.95. The number of anilines is 1. The Bertz CT molecular complexity index is 1430. The van der Waals surface area contributed by atoms with Crippen molar-refractivity contribution in [3.05, 3.63) is 87.2 Å². The largest absolute Gasteiger partial charge is 0.462 e. The summed E-state index contributed by atoms with van der Waals surface area (Å²) in [6, 6.07) is 11.0. The van der Waals surface area contributed by atoms with Gasteiger partial charge in [0, 0.05) is 11.4 Å². The van der Waals surface area contributed by atoms with Gasteiger partial charge in [0.15, 0.2) is 6.61 Å². The van der Waals surface area contributed by atoms with E-state index in [0.717, 1.165) is 10.5 Å². The Morgan fingerprint density at radius 1 is 0.833 bits per heavy atom. The number of rotatable bonds is 7. The van der Waals surface area contributed by atoms with Gasteiger partial charge in [0.05, 0.1) is 40.1 Å². The first-order valence-corrected chi connectivity index (χ1v) is 11.3. The maximum atomic E-state index is 13.0. The van der Waals surface area contributed by atoms with Crippen LogP contribution in [0.2, 0.25) is 0 Å². The molecule has 1 aliphatic heterocycles. The maximum Gasteiger partial charge on any atom is 0.340 e. The summed E-state index contributed by atoms with van der Waals surface area (Å²) in [5.74, 6) is -3.10. The molecule has 1 aliphatic rings. The van der Waals surface area contributed by atoms with Crippen LogP contribution in [0.4, 0.5) is 5.69 Å². The number of ketones is 1. The van der Waals surface area contributed by atoms with Crippen LogP contribution in [0.25, 0.3) is 0 Å². The minimum Gasteiger partial charge on any atom is -0.462 e. The van der Waals surface area contributed by atoms with Gasteiger partial charge in [-0.2, -0.15) is 0 Å². The van der Waals surface area contributed by atoms with Crippen LogP contribution in [0.15, 0.2) is 42.5 Å². The normalized spacial score (nSPS) is 12.5. The quantitative estimate of drug-likeness (QED) is 0.303. The Morgan fingerprint density at radius 3 is 2.19 bits per heavy atom. The molecule has 0 radical (unpaired) electrons. The Kier molecular flexibility index (Phi) is 6.57. The lowest BCUT2D eigenvalue weighted by Crippen LogP contribution is -2.29. The van der Waals surface area contributed by atoms with E-state index in [9.17, 15) is 24.0 Å². The lowest BCUT2D eigenvalue weighted by molar-refractivity contribution is 0.0472. The topological polar surface area (TPSA) is 123 Å². The average Bonchev–Trinajstić information content (AvgIpc) is 3.29. The second-order valence-electron chi connectivity index (χ2n) is 8.34. The number of hydrogen-bond donors (Lipinski definition) is 1.